The average molecular weight is 249 g/mol. The molecule has 2 N–H and O–H groups in total. The van der Waals surface area contributed by atoms with Crippen LogP contribution in [0.3, 0.4) is 0 Å². The van der Waals surface area contributed by atoms with Gasteiger partial charge in [0, 0.05) is 6.04 Å². The van der Waals surface area contributed by atoms with Crippen molar-refractivity contribution in [1.82, 2.24) is 5.32 Å². The van der Waals surface area contributed by atoms with E-state index < -0.39 is 6.10 Å². The zero-order chi connectivity index (χ0) is 13.5. The van der Waals surface area contributed by atoms with Gasteiger partial charge in [-0.25, -0.2) is 0 Å². The maximum atomic E-state index is 10.3. The molecule has 2 unspecified atom stereocenters. The fourth-order valence-electron chi connectivity index (χ4n) is 1.99. The second kappa shape index (κ2) is 7.55. The van der Waals surface area contributed by atoms with Gasteiger partial charge >= 0.3 is 0 Å². The lowest BCUT2D eigenvalue weighted by Gasteiger charge is -2.22. The van der Waals surface area contributed by atoms with E-state index in [-0.39, 0.29) is 6.04 Å². The Hall–Kier alpha value is -0.860. The first kappa shape index (κ1) is 15.2. The second-order valence-corrected chi connectivity index (χ2v) is 5.53. The Labute approximate surface area is 111 Å². The van der Waals surface area contributed by atoms with E-state index in [1.807, 2.05) is 19.1 Å². The third kappa shape index (κ3) is 4.79. The van der Waals surface area contributed by atoms with Crippen molar-refractivity contribution in [3.63, 3.8) is 0 Å². The average Bonchev–Trinajstić information content (AvgIpc) is 2.36. The van der Waals surface area contributed by atoms with Gasteiger partial charge in [-0.1, -0.05) is 51.5 Å². The minimum absolute atomic E-state index is 0.0874. The summed E-state index contributed by atoms with van der Waals surface area (Å²) in [5, 5.41) is 13.6. The summed E-state index contributed by atoms with van der Waals surface area (Å²) < 4.78 is 0. The molecule has 0 amide bonds. The highest BCUT2D eigenvalue weighted by Crippen LogP contribution is 2.18. The van der Waals surface area contributed by atoms with Gasteiger partial charge in [-0.2, -0.15) is 0 Å². The molecule has 0 spiro atoms. The summed E-state index contributed by atoms with van der Waals surface area (Å²) in [6.07, 6.45) is 1.84. The highest BCUT2D eigenvalue weighted by atomic mass is 16.3. The Balaban J connectivity index is 2.57. The predicted octanol–water partition coefficient (Wildman–Crippen LogP) is 3.31. The summed E-state index contributed by atoms with van der Waals surface area (Å²) >= 11 is 0. The highest BCUT2D eigenvalue weighted by Gasteiger charge is 2.15. The standard InChI is InChI=1S/C16H27NO/c1-5-6-14-7-9-15(10-8-14)16(18)13(4)17-11-12(2)3/h7-10,12-13,16-18H,5-6,11H2,1-4H3. The van der Waals surface area contributed by atoms with Crippen molar-refractivity contribution in [1.29, 1.82) is 0 Å². The van der Waals surface area contributed by atoms with Crippen LogP contribution in [0.5, 0.6) is 0 Å². The van der Waals surface area contributed by atoms with E-state index in [9.17, 15) is 5.11 Å². The fourth-order valence-corrected chi connectivity index (χ4v) is 1.99. The molecule has 0 saturated heterocycles. The molecule has 0 bridgehead atoms. The molecule has 1 rings (SSSR count). The van der Waals surface area contributed by atoms with Crippen molar-refractivity contribution in [2.75, 3.05) is 6.54 Å². The first-order valence-electron chi connectivity index (χ1n) is 7.04. The molecule has 2 heteroatoms. The summed E-state index contributed by atoms with van der Waals surface area (Å²) in [6.45, 7) is 9.50. The maximum absolute atomic E-state index is 10.3. The number of benzene rings is 1. The number of aryl methyl sites for hydroxylation is 1. The minimum Gasteiger partial charge on any atom is -0.387 e. The number of hydrogen-bond acceptors (Lipinski definition) is 2. The van der Waals surface area contributed by atoms with Gasteiger partial charge in [0.15, 0.2) is 0 Å². The molecular formula is C16H27NO. The summed E-state index contributed by atoms with van der Waals surface area (Å²) in [6, 6.07) is 8.42. The summed E-state index contributed by atoms with van der Waals surface area (Å²) in [4.78, 5) is 0. The normalized spacial score (nSPS) is 14.8. The molecular weight excluding hydrogens is 222 g/mol. The monoisotopic (exact) mass is 249 g/mol. The van der Waals surface area contributed by atoms with Gasteiger partial charge in [0.1, 0.15) is 0 Å². The highest BCUT2D eigenvalue weighted by molar-refractivity contribution is 5.25. The molecule has 0 aliphatic carbocycles. The van der Waals surface area contributed by atoms with E-state index in [4.69, 9.17) is 0 Å². The van der Waals surface area contributed by atoms with Crippen LogP contribution < -0.4 is 5.32 Å². The Kier molecular flexibility index (Phi) is 6.37. The van der Waals surface area contributed by atoms with Gasteiger partial charge in [0.05, 0.1) is 6.10 Å². The van der Waals surface area contributed by atoms with Crippen LogP contribution in [0, 0.1) is 5.92 Å². The van der Waals surface area contributed by atoms with E-state index in [1.54, 1.807) is 0 Å². The van der Waals surface area contributed by atoms with Crippen LogP contribution >= 0.6 is 0 Å². The predicted molar refractivity (Wildman–Crippen MR) is 77.7 cm³/mol. The molecule has 0 heterocycles. The first-order valence-corrected chi connectivity index (χ1v) is 7.04. The summed E-state index contributed by atoms with van der Waals surface area (Å²) in [5.41, 5.74) is 2.34. The number of nitrogens with one attached hydrogen (secondary N) is 1. The van der Waals surface area contributed by atoms with Gasteiger partial charge in [-0.05, 0) is 36.9 Å². The Morgan fingerprint density at radius 1 is 1.11 bits per heavy atom. The van der Waals surface area contributed by atoms with E-state index in [0.29, 0.717) is 5.92 Å². The van der Waals surface area contributed by atoms with Gasteiger partial charge in [0.25, 0.3) is 0 Å². The molecule has 1 aromatic rings. The van der Waals surface area contributed by atoms with E-state index in [1.165, 1.54) is 5.56 Å². The quantitative estimate of drug-likeness (QED) is 0.777. The fraction of sp³-hybridized carbons (Fsp3) is 0.625. The second-order valence-electron chi connectivity index (χ2n) is 5.53. The van der Waals surface area contributed by atoms with Crippen LogP contribution in [-0.2, 0) is 6.42 Å². The number of aliphatic hydroxyl groups excluding tert-OH is 1. The van der Waals surface area contributed by atoms with Gasteiger partial charge in [-0.3, -0.25) is 0 Å². The third-order valence-electron chi connectivity index (χ3n) is 3.18. The van der Waals surface area contributed by atoms with Crippen molar-refractivity contribution < 1.29 is 5.11 Å². The molecule has 2 atom stereocenters. The molecule has 102 valence electrons. The Morgan fingerprint density at radius 3 is 2.22 bits per heavy atom. The lowest BCUT2D eigenvalue weighted by atomic mass is 10.0. The Bertz CT molecular complexity index is 331. The molecule has 0 aromatic heterocycles. The maximum Gasteiger partial charge on any atom is 0.0940 e. The van der Waals surface area contributed by atoms with E-state index >= 15 is 0 Å². The van der Waals surface area contributed by atoms with E-state index in [0.717, 1.165) is 24.9 Å². The largest absolute Gasteiger partial charge is 0.387 e. The van der Waals surface area contributed by atoms with Gasteiger partial charge < -0.3 is 10.4 Å². The van der Waals surface area contributed by atoms with Gasteiger partial charge in [-0.15, -0.1) is 0 Å². The molecule has 1 aromatic carbocycles. The molecule has 0 aliphatic rings. The van der Waals surface area contributed by atoms with Crippen LogP contribution in [0.1, 0.15) is 51.3 Å². The summed E-state index contributed by atoms with van der Waals surface area (Å²) in [7, 11) is 0. The van der Waals surface area contributed by atoms with Crippen molar-refractivity contribution in [3.05, 3.63) is 35.4 Å². The van der Waals surface area contributed by atoms with Gasteiger partial charge in [0.2, 0.25) is 0 Å². The zero-order valence-electron chi connectivity index (χ0n) is 12.1. The van der Waals surface area contributed by atoms with E-state index in [2.05, 4.69) is 38.2 Å². The van der Waals surface area contributed by atoms with Crippen molar-refractivity contribution in [2.24, 2.45) is 5.92 Å². The minimum atomic E-state index is -0.431. The molecule has 18 heavy (non-hydrogen) atoms. The number of aliphatic hydroxyl groups is 1. The molecule has 0 aliphatic heterocycles. The molecule has 0 saturated carbocycles. The number of rotatable bonds is 7. The summed E-state index contributed by atoms with van der Waals surface area (Å²) in [5.74, 6) is 0.603. The zero-order valence-corrected chi connectivity index (χ0v) is 12.1. The SMILES string of the molecule is CCCc1ccc(C(O)C(C)NCC(C)C)cc1. The van der Waals surface area contributed by atoms with Crippen LogP contribution in [0.25, 0.3) is 0 Å². The lowest BCUT2D eigenvalue weighted by Crippen LogP contribution is -2.34. The topological polar surface area (TPSA) is 32.3 Å². The van der Waals surface area contributed by atoms with Crippen LogP contribution in [0.15, 0.2) is 24.3 Å². The van der Waals surface area contributed by atoms with Crippen molar-refractivity contribution in [2.45, 2.75) is 52.7 Å². The molecule has 0 fully saturated rings. The van der Waals surface area contributed by atoms with Crippen LogP contribution in [0.2, 0.25) is 0 Å². The molecule has 0 radical (unpaired) electrons. The van der Waals surface area contributed by atoms with Crippen LogP contribution in [0.4, 0.5) is 0 Å². The number of hydrogen-bond donors (Lipinski definition) is 2. The van der Waals surface area contributed by atoms with Crippen molar-refractivity contribution >= 4 is 0 Å². The lowest BCUT2D eigenvalue weighted by molar-refractivity contribution is 0.134. The Morgan fingerprint density at radius 2 is 1.72 bits per heavy atom. The third-order valence-corrected chi connectivity index (χ3v) is 3.18. The first-order chi connectivity index (χ1) is 8.54. The smallest absolute Gasteiger partial charge is 0.0940 e. The van der Waals surface area contributed by atoms with Crippen LogP contribution in [-0.4, -0.2) is 17.7 Å². The molecule has 2 nitrogen and oxygen atoms in total. The van der Waals surface area contributed by atoms with Crippen molar-refractivity contribution in [3.8, 4) is 0 Å².